The van der Waals surface area contributed by atoms with Crippen LogP contribution in [0.2, 0.25) is 0 Å². The molecular formula is C62H51BN2O. The van der Waals surface area contributed by atoms with E-state index in [9.17, 15) is 0 Å². The van der Waals surface area contributed by atoms with Gasteiger partial charge in [-0.3, -0.25) is 0 Å². The smallest absolute Gasteiger partial charge is 0.252 e. The molecule has 0 spiro atoms. The van der Waals surface area contributed by atoms with Gasteiger partial charge in [-0.25, -0.2) is 0 Å². The van der Waals surface area contributed by atoms with Crippen LogP contribution < -0.4 is 26.2 Å². The topological polar surface area (TPSA) is 19.6 Å². The van der Waals surface area contributed by atoms with Crippen LogP contribution in [0.15, 0.2) is 205 Å². The lowest BCUT2D eigenvalue weighted by atomic mass is 9.33. The first-order valence-electron chi connectivity index (χ1n) is 23.3. The highest BCUT2D eigenvalue weighted by atomic mass is 16.3. The van der Waals surface area contributed by atoms with E-state index in [1.165, 1.54) is 78.1 Å². The van der Waals surface area contributed by atoms with E-state index in [1.807, 2.05) is 6.07 Å². The minimum atomic E-state index is -0.0503. The molecule has 0 saturated carbocycles. The molecule has 2 aliphatic heterocycles. The third-order valence-corrected chi connectivity index (χ3v) is 14.0. The second kappa shape index (κ2) is 15.0. The molecule has 66 heavy (non-hydrogen) atoms. The number of rotatable bonds is 5. The fourth-order valence-electron chi connectivity index (χ4n) is 10.6. The summed E-state index contributed by atoms with van der Waals surface area (Å²) in [4.78, 5) is 5.09. The molecule has 1 aromatic heterocycles. The highest BCUT2D eigenvalue weighted by Gasteiger charge is 2.44. The second-order valence-corrected chi connectivity index (χ2v) is 20.1. The zero-order chi connectivity index (χ0) is 44.9. The van der Waals surface area contributed by atoms with Gasteiger partial charge in [0.05, 0.1) is 5.69 Å². The van der Waals surface area contributed by atoms with Gasteiger partial charge in [-0.1, -0.05) is 181 Å². The van der Waals surface area contributed by atoms with Crippen molar-refractivity contribution in [1.29, 1.82) is 0 Å². The molecule has 3 nitrogen and oxygen atoms in total. The Morgan fingerprint density at radius 1 is 0.379 bits per heavy atom. The van der Waals surface area contributed by atoms with Gasteiger partial charge in [-0.2, -0.15) is 0 Å². The minimum Gasteiger partial charge on any atom is -0.456 e. The van der Waals surface area contributed by atoms with Gasteiger partial charge >= 0.3 is 0 Å². The summed E-state index contributed by atoms with van der Waals surface area (Å²) in [6.07, 6.45) is 0. The first-order chi connectivity index (χ1) is 32.0. The van der Waals surface area contributed by atoms with Crippen LogP contribution in [-0.2, 0) is 10.8 Å². The summed E-state index contributed by atoms with van der Waals surface area (Å²) in [5.74, 6) is 0. The van der Waals surface area contributed by atoms with Crippen LogP contribution in [-0.4, -0.2) is 6.71 Å². The Balaban J connectivity index is 1.10. The molecule has 0 N–H and O–H groups in total. The molecule has 2 aliphatic rings. The Morgan fingerprint density at radius 3 is 1.71 bits per heavy atom. The molecule has 3 heterocycles. The van der Waals surface area contributed by atoms with Crippen LogP contribution in [0.25, 0.3) is 55.3 Å². The fourth-order valence-corrected chi connectivity index (χ4v) is 10.6. The summed E-state index contributed by atoms with van der Waals surface area (Å²) >= 11 is 0. The average Bonchev–Trinajstić information content (AvgIpc) is 3.73. The number of anilines is 6. The third-order valence-electron chi connectivity index (χ3n) is 14.0. The van der Waals surface area contributed by atoms with E-state index in [4.69, 9.17) is 4.42 Å². The lowest BCUT2D eigenvalue weighted by Gasteiger charge is -2.45. The Morgan fingerprint density at radius 2 is 0.970 bits per heavy atom. The quantitative estimate of drug-likeness (QED) is 0.161. The molecule has 0 atom stereocenters. The molecule has 318 valence electrons. The van der Waals surface area contributed by atoms with Gasteiger partial charge in [0.15, 0.2) is 0 Å². The number of hydrogen-bond acceptors (Lipinski definition) is 3. The predicted octanol–water partition coefficient (Wildman–Crippen LogP) is 15.3. The van der Waals surface area contributed by atoms with Gasteiger partial charge < -0.3 is 14.2 Å². The van der Waals surface area contributed by atoms with Gasteiger partial charge in [-0.05, 0) is 127 Å². The van der Waals surface area contributed by atoms with Gasteiger partial charge in [0.25, 0.3) is 6.71 Å². The summed E-state index contributed by atoms with van der Waals surface area (Å²) in [6.45, 7) is 14.0. The van der Waals surface area contributed by atoms with E-state index in [2.05, 4.69) is 245 Å². The molecule has 0 fully saturated rings. The number of nitrogens with zero attached hydrogens (tertiary/aromatic N) is 2. The van der Waals surface area contributed by atoms with Crippen LogP contribution >= 0.6 is 0 Å². The predicted molar refractivity (Wildman–Crippen MR) is 281 cm³/mol. The lowest BCUT2D eigenvalue weighted by Crippen LogP contribution is -2.61. The van der Waals surface area contributed by atoms with Crippen molar-refractivity contribution in [3.63, 3.8) is 0 Å². The largest absolute Gasteiger partial charge is 0.456 e. The zero-order valence-electron chi connectivity index (χ0n) is 38.4. The minimum absolute atomic E-state index is 0.0139. The molecular weight excluding hydrogens is 800 g/mol. The average molecular weight is 851 g/mol. The number of fused-ring (bicyclic) bond motifs is 7. The van der Waals surface area contributed by atoms with Gasteiger partial charge in [0.2, 0.25) is 0 Å². The second-order valence-electron chi connectivity index (χ2n) is 20.1. The Labute approximate surface area is 388 Å². The summed E-state index contributed by atoms with van der Waals surface area (Å²) in [5.41, 5.74) is 22.6. The third kappa shape index (κ3) is 6.42. The SMILES string of the molecule is CC(C)(C)c1ccc2c(c1)B1c3ccc(C(C)(C)C)cc3N(c3ccc(-c4ccccc4)cc3-c3ccccc3)c3cccc(c31)N2c1ccc(-c2cccc3oc4ccccc4c23)cc1. The standard InChI is InChI=1S/C62H51BN2O/c1-61(2,3)44-31-36-53-51(38-44)63-50-34-30-45(62(4,5)6)39-56(50)65(52-35-29-43(40-17-9-7-10-18-40)37-49(52)41-19-11-8-12-20-41)55-24-16-23-54(60(55)63)64(53)46-32-27-42(28-33-46)47-22-15-26-58-59(47)48-21-13-14-25-57(48)66-58/h7-39H,1-6H3. The molecule has 0 radical (unpaired) electrons. The summed E-state index contributed by atoms with van der Waals surface area (Å²) in [5, 5.41) is 2.29. The molecule has 10 aromatic rings. The first kappa shape index (κ1) is 40.0. The van der Waals surface area contributed by atoms with Crippen molar-refractivity contribution < 1.29 is 4.42 Å². The molecule has 0 saturated heterocycles. The van der Waals surface area contributed by atoms with Crippen LogP contribution in [0, 0.1) is 0 Å². The highest BCUT2D eigenvalue weighted by molar-refractivity contribution is 7.00. The summed E-state index contributed by atoms with van der Waals surface area (Å²) < 4.78 is 6.32. The number of benzene rings is 9. The first-order valence-corrected chi connectivity index (χ1v) is 23.3. The van der Waals surface area contributed by atoms with Crippen molar-refractivity contribution in [2.24, 2.45) is 0 Å². The lowest BCUT2D eigenvalue weighted by molar-refractivity contribution is 0.590. The van der Waals surface area contributed by atoms with E-state index >= 15 is 0 Å². The molecule has 0 amide bonds. The number of furan rings is 1. The van der Waals surface area contributed by atoms with E-state index in [1.54, 1.807) is 0 Å². The van der Waals surface area contributed by atoms with Crippen LogP contribution in [0.5, 0.6) is 0 Å². The van der Waals surface area contributed by atoms with Gasteiger partial charge in [0.1, 0.15) is 11.2 Å². The van der Waals surface area contributed by atoms with Crippen LogP contribution in [0.3, 0.4) is 0 Å². The van der Waals surface area contributed by atoms with E-state index < -0.39 is 0 Å². The van der Waals surface area contributed by atoms with Crippen LogP contribution in [0.1, 0.15) is 52.7 Å². The molecule has 0 aliphatic carbocycles. The Hall–Kier alpha value is -7.56. The maximum atomic E-state index is 6.32. The number of para-hydroxylation sites is 1. The van der Waals surface area contributed by atoms with Crippen molar-refractivity contribution in [2.45, 2.75) is 52.4 Å². The van der Waals surface area contributed by atoms with Crippen molar-refractivity contribution in [3.8, 4) is 33.4 Å². The maximum absolute atomic E-state index is 6.32. The normalized spacial score (nSPS) is 13.2. The van der Waals surface area contributed by atoms with Crippen molar-refractivity contribution in [1.82, 2.24) is 0 Å². The maximum Gasteiger partial charge on any atom is 0.252 e. The summed E-state index contributed by atoms with van der Waals surface area (Å²) in [7, 11) is 0. The fraction of sp³-hybridized carbons (Fsp3) is 0.129. The highest BCUT2D eigenvalue weighted by Crippen LogP contribution is 2.48. The monoisotopic (exact) mass is 850 g/mol. The summed E-state index contributed by atoms with van der Waals surface area (Å²) in [6, 6.07) is 74.1. The van der Waals surface area contributed by atoms with Gasteiger partial charge in [-0.15, -0.1) is 0 Å². The Bertz CT molecular complexity index is 3500. The van der Waals surface area contributed by atoms with E-state index in [-0.39, 0.29) is 17.5 Å². The Kier molecular flexibility index (Phi) is 9.09. The van der Waals surface area contributed by atoms with Crippen molar-refractivity contribution in [3.05, 3.63) is 211 Å². The van der Waals surface area contributed by atoms with E-state index in [0.29, 0.717) is 0 Å². The molecule has 0 bridgehead atoms. The zero-order valence-corrected chi connectivity index (χ0v) is 38.4. The molecule has 9 aromatic carbocycles. The van der Waals surface area contributed by atoms with Crippen LogP contribution in [0.4, 0.5) is 34.1 Å². The molecule has 0 unspecified atom stereocenters. The van der Waals surface area contributed by atoms with Crippen molar-refractivity contribution >= 4 is 79.2 Å². The molecule has 12 rings (SSSR count). The molecule has 4 heteroatoms. The number of hydrogen-bond donors (Lipinski definition) is 0. The van der Waals surface area contributed by atoms with Gasteiger partial charge in [0, 0.05) is 44.8 Å². The van der Waals surface area contributed by atoms with Crippen molar-refractivity contribution in [2.75, 3.05) is 9.80 Å². The van der Waals surface area contributed by atoms with E-state index in [0.717, 1.165) is 38.9 Å².